The number of thiazole rings is 1. The van der Waals surface area contributed by atoms with Crippen LogP contribution in [0.4, 0.5) is 10.8 Å². The fraction of sp³-hybridized carbons (Fsp3) is 0.357. The zero-order valence-corrected chi connectivity index (χ0v) is 12.3. The average Bonchev–Trinajstić information content (AvgIpc) is 2.80. The molecule has 0 atom stereocenters. The highest BCUT2D eigenvalue weighted by molar-refractivity contribution is 7.22. The van der Waals surface area contributed by atoms with Crippen molar-refractivity contribution in [3.8, 4) is 0 Å². The maximum absolute atomic E-state index is 11.5. The Morgan fingerprint density at radius 2 is 2.00 bits per heavy atom. The van der Waals surface area contributed by atoms with Gasteiger partial charge in [0.1, 0.15) is 0 Å². The second-order valence-corrected chi connectivity index (χ2v) is 5.43. The van der Waals surface area contributed by atoms with Gasteiger partial charge in [-0.05, 0) is 24.6 Å². The van der Waals surface area contributed by atoms with Crippen molar-refractivity contribution in [2.75, 3.05) is 10.6 Å². The summed E-state index contributed by atoms with van der Waals surface area (Å²) in [6, 6.07) is 5.52. The number of nitrogens with zero attached hydrogens (tertiary/aromatic N) is 1. The number of nitrogens with one attached hydrogen (secondary N) is 2. The lowest BCUT2D eigenvalue weighted by Gasteiger charge is -2.02. The molecule has 0 fully saturated rings. The van der Waals surface area contributed by atoms with Crippen LogP contribution in [0.15, 0.2) is 18.2 Å². The van der Waals surface area contributed by atoms with Gasteiger partial charge < -0.3 is 10.6 Å². The third-order valence-electron chi connectivity index (χ3n) is 2.72. The topological polar surface area (TPSA) is 71.1 Å². The number of carbonyl (C=O) groups excluding carboxylic acids is 2. The van der Waals surface area contributed by atoms with Crippen LogP contribution in [0.3, 0.4) is 0 Å². The van der Waals surface area contributed by atoms with Gasteiger partial charge in [-0.3, -0.25) is 9.59 Å². The highest BCUT2D eigenvalue weighted by atomic mass is 32.1. The molecule has 0 unspecified atom stereocenters. The molecule has 0 spiro atoms. The van der Waals surface area contributed by atoms with E-state index in [1.807, 2.05) is 32.0 Å². The van der Waals surface area contributed by atoms with E-state index in [4.69, 9.17) is 0 Å². The first-order chi connectivity index (χ1) is 9.62. The fourth-order valence-electron chi connectivity index (χ4n) is 1.71. The summed E-state index contributed by atoms with van der Waals surface area (Å²) >= 11 is 1.41. The molecule has 1 aromatic carbocycles. The highest BCUT2D eigenvalue weighted by Crippen LogP contribution is 2.28. The summed E-state index contributed by atoms with van der Waals surface area (Å²) in [6.07, 6.45) is 1.75. The Morgan fingerprint density at radius 1 is 1.20 bits per heavy atom. The summed E-state index contributed by atoms with van der Waals surface area (Å²) in [5.74, 6) is -0.0450. The zero-order chi connectivity index (χ0) is 14.5. The minimum absolute atomic E-state index is 0.0222. The number of fused-ring (bicyclic) bond motifs is 1. The number of hydrogen-bond acceptors (Lipinski definition) is 4. The Labute approximate surface area is 121 Å². The van der Waals surface area contributed by atoms with Crippen molar-refractivity contribution in [3.05, 3.63) is 18.2 Å². The normalized spacial score (nSPS) is 10.5. The van der Waals surface area contributed by atoms with Crippen molar-refractivity contribution in [1.82, 2.24) is 4.98 Å². The Kier molecular flexibility index (Phi) is 4.68. The van der Waals surface area contributed by atoms with Crippen LogP contribution in [0.1, 0.15) is 33.1 Å². The third kappa shape index (κ3) is 3.54. The van der Waals surface area contributed by atoms with Gasteiger partial charge in [0.05, 0.1) is 10.2 Å². The summed E-state index contributed by atoms with van der Waals surface area (Å²) in [7, 11) is 0. The Bertz CT molecular complexity index is 636. The predicted molar refractivity (Wildman–Crippen MR) is 82.1 cm³/mol. The van der Waals surface area contributed by atoms with Crippen molar-refractivity contribution >= 4 is 44.2 Å². The molecule has 0 saturated heterocycles. The van der Waals surface area contributed by atoms with E-state index in [1.165, 1.54) is 11.3 Å². The monoisotopic (exact) mass is 291 g/mol. The van der Waals surface area contributed by atoms with E-state index in [2.05, 4.69) is 15.6 Å². The fourth-order valence-corrected chi connectivity index (χ4v) is 2.64. The highest BCUT2D eigenvalue weighted by Gasteiger charge is 2.08. The number of rotatable bonds is 5. The van der Waals surface area contributed by atoms with E-state index in [0.717, 1.165) is 22.3 Å². The Morgan fingerprint density at radius 3 is 2.70 bits per heavy atom. The summed E-state index contributed by atoms with van der Waals surface area (Å²) in [5.41, 5.74) is 1.57. The standard InChI is InChI=1S/C14H17N3O2S/c1-3-5-13(19)17-14-16-10-7-6-9(8-11(10)20-14)15-12(18)4-2/h6-8H,3-5H2,1-2H3,(H,15,18)(H,16,17,19). The minimum atomic E-state index is -0.0228. The molecule has 2 aromatic rings. The number of carbonyl (C=O) groups is 2. The van der Waals surface area contributed by atoms with Crippen LogP contribution < -0.4 is 10.6 Å². The zero-order valence-electron chi connectivity index (χ0n) is 11.5. The Hall–Kier alpha value is -1.95. The molecule has 1 aromatic heterocycles. The smallest absolute Gasteiger partial charge is 0.226 e. The molecular formula is C14H17N3O2S. The van der Waals surface area contributed by atoms with Gasteiger partial charge in [0.2, 0.25) is 11.8 Å². The SMILES string of the molecule is CCCC(=O)Nc1nc2ccc(NC(=O)CC)cc2s1. The van der Waals surface area contributed by atoms with E-state index in [1.54, 1.807) is 0 Å². The number of aromatic nitrogens is 1. The van der Waals surface area contributed by atoms with Crippen molar-refractivity contribution in [2.45, 2.75) is 33.1 Å². The first-order valence-corrected chi connectivity index (χ1v) is 7.44. The van der Waals surface area contributed by atoms with E-state index in [9.17, 15) is 9.59 Å². The second kappa shape index (κ2) is 6.47. The second-order valence-electron chi connectivity index (χ2n) is 4.40. The van der Waals surface area contributed by atoms with Crippen LogP contribution >= 0.6 is 11.3 Å². The van der Waals surface area contributed by atoms with Crippen molar-refractivity contribution in [2.24, 2.45) is 0 Å². The van der Waals surface area contributed by atoms with Gasteiger partial charge in [0.15, 0.2) is 5.13 Å². The van der Waals surface area contributed by atoms with E-state index >= 15 is 0 Å². The molecule has 0 aliphatic rings. The molecule has 0 bridgehead atoms. The van der Waals surface area contributed by atoms with Crippen LogP contribution in [-0.2, 0) is 9.59 Å². The number of benzene rings is 1. The van der Waals surface area contributed by atoms with E-state index in [0.29, 0.717) is 18.0 Å². The molecule has 6 heteroatoms. The molecule has 2 N–H and O–H groups in total. The third-order valence-corrected chi connectivity index (χ3v) is 3.65. The number of hydrogen-bond donors (Lipinski definition) is 2. The molecule has 5 nitrogen and oxygen atoms in total. The molecule has 0 saturated carbocycles. The molecule has 2 rings (SSSR count). The predicted octanol–water partition coefficient (Wildman–Crippen LogP) is 3.38. The van der Waals surface area contributed by atoms with Crippen molar-refractivity contribution in [1.29, 1.82) is 0 Å². The quantitative estimate of drug-likeness (QED) is 0.887. The largest absolute Gasteiger partial charge is 0.326 e. The first-order valence-electron chi connectivity index (χ1n) is 6.62. The molecule has 0 aliphatic heterocycles. The lowest BCUT2D eigenvalue weighted by atomic mass is 10.3. The average molecular weight is 291 g/mol. The summed E-state index contributed by atoms with van der Waals surface area (Å²) in [6.45, 7) is 3.77. The van der Waals surface area contributed by atoms with Gasteiger partial charge in [-0.15, -0.1) is 0 Å². The molecule has 106 valence electrons. The molecule has 0 aliphatic carbocycles. The van der Waals surface area contributed by atoms with E-state index < -0.39 is 0 Å². The maximum atomic E-state index is 11.5. The van der Waals surface area contributed by atoms with Crippen LogP contribution in [-0.4, -0.2) is 16.8 Å². The van der Waals surface area contributed by atoms with Crippen LogP contribution in [0.2, 0.25) is 0 Å². The van der Waals surface area contributed by atoms with E-state index in [-0.39, 0.29) is 11.8 Å². The number of anilines is 2. The van der Waals surface area contributed by atoms with Crippen LogP contribution in [0.25, 0.3) is 10.2 Å². The summed E-state index contributed by atoms with van der Waals surface area (Å²) < 4.78 is 0.936. The lowest BCUT2D eigenvalue weighted by Crippen LogP contribution is -2.09. The molecular weight excluding hydrogens is 274 g/mol. The lowest BCUT2D eigenvalue weighted by molar-refractivity contribution is -0.116. The molecule has 20 heavy (non-hydrogen) atoms. The van der Waals surface area contributed by atoms with Gasteiger partial charge in [0.25, 0.3) is 0 Å². The first kappa shape index (κ1) is 14.5. The van der Waals surface area contributed by atoms with Gasteiger partial charge in [0, 0.05) is 18.5 Å². The van der Waals surface area contributed by atoms with Crippen molar-refractivity contribution < 1.29 is 9.59 Å². The van der Waals surface area contributed by atoms with Gasteiger partial charge >= 0.3 is 0 Å². The minimum Gasteiger partial charge on any atom is -0.326 e. The van der Waals surface area contributed by atoms with Gasteiger partial charge in [-0.25, -0.2) is 4.98 Å². The van der Waals surface area contributed by atoms with Crippen LogP contribution in [0, 0.1) is 0 Å². The van der Waals surface area contributed by atoms with Crippen LogP contribution in [0.5, 0.6) is 0 Å². The summed E-state index contributed by atoms with van der Waals surface area (Å²) in [5, 5.41) is 6.19. The van der Waals surface area contributed by atoms with Gasteiger partial charge in [-0.1, -0.05) is 25.2 Å². The number of amides is 2. The molecule has 1 heterocycles. The summed E-state index contributed by atoms with van der Waals surface area (Å²) in [4.78, 5) is 27.2. The molecule has 0 radical (unpaired) electrons. The van der Waals surface area contributed by atoms with Gasteiger partial charge in [-0.2, -0.15) is 0 Å². The maximum Gasteiger partial charge on any atom is 0.226 e. The van der Waals surface area contributed by atoms with Crippen molar-refractivity contribution in [3.63, 3.8) is 0 Å². The molecule has 2 amide bonds. The Balaban J connectivity index is 2.17.